The van der Waals surface area contributed by atoms with Crippen LogP contribution in [-0.2, 0) is 0 Å². The molecular formula is C14H30N2. The summed E-state index contributed by atoms with van der Waals surface area (Å²) in [6.45, 7) is 14.0. The van der Waals surface area contributed by atoms with Crippen molar-refractivity contribution in [1.82, 2.24) is 10.2 Å². The number of likely N-dealkylation sites (N-methyl/N-ethyl adjacent to an activating group) is 1. The molecule has 0 aromatic heterocycles. The van der Waals surface area contributed by atoms with Crippen LogP contribution in [-0.4, -0.2) is 36.6 Å². The van der Waals surface area contributed by atoms with Gasteiger partial charge >= 0.3 is 0 Å². The molecule has 1 saturated heterocycles. The maximum Gasteiger partial charge on any atom is 0.0252 e. The summed E-state index contributed by atoms with van der Waals surface area (Å²) in [6.07, 6.45) is 5.60. The van der Waals surface area contributed by atoms with E-state index in [0.29, 0.717) is 0 Å². The van der Waals surface area contributed by atoms with Gasteiger partial charge in [0, 0.05) is 12.1 Å². The van der Waals surface area contributed by atoms with E-state index in [1.54, 1.807) is 0 Å². The molecule has 1 unspecified atom stereocenters. The average molecular weight is 226 g/mol. The third-order valence-electron chi connectivity index (χ3n) is 3.79. The first-order valence-electron chi connectivity index (χ1n) is 7.04. The molecule has 0 aromatic carbocycles. The third kappa shape index (κ3) is 4.84. The van der Waals surface area contributed by atoms with Gasteiger partial charge in [0.1, 0.15) is 0 Å². The molecule has 0 saturated carbocycles. The number of nitrogens with one attached hydrogen (secondary N) is 1. The second kappa shape index (κ2) is 6.61. The Bertz CT molecular complexity index is 189. The summed E-state index contributed by atoms with van der Waals surface area (Å²) < 4.78 is 0. The van der Waals surface area contributed by atoms with Crippen molar-refractivity contribution in [2.24, 2.45) is 5.92 Å². The molecule has 0 aliphatic carbocycles. The lowest BCUT2D eigenvalue weighted by molar-refractivity contribution is 0.206. The Morgan fingerprint density at radius 2 is 1.94 bits per heavy atom. The van der Waals surface area contributed by atoms with E-state index < -0.39 is 0 Å². The van der Waals surface area contributed by atoms with Gasteiger partial charge in [0.2, 0.25) is 0 Å². The molecular weight excluding hydrogens is 196 g/mol. The Kier molecular flexibility index (Phi) is 5.77. The van der Waals surface area contributed by atoms with Gasteiger partial charge < -0.3 is 10.2 Å². The highest BCUT2D eigenvalue weighted by molar-refractivity contribution is 4.82. The van der Waals surface area contributed by atoms with E-state index in [9.17, 15) is 0 Å². The van der Waals surface area contributed by atoms with Crippen LogP contribution >= 0.6 is 0 Å². The van der Waals surface area contributed by atoms with Gasteiger partial charge in [-0.3, -0.25) is 0 Å². The molecule has 96 valence electrons. The summed E-state index contributed by atoms with van der Waals surface area (Å²) in [5.41, 5.74) is 0.265. The van der Waals surface area contributed by atoms with Crippen molar-refractivity contribution in [3.8, 4) is 0 Å². The molecule has 0 spiro atoms. The van der Waals surface area contributed by atoms with E-state index in [2.05, 4.69) is 37.9 Å². The van der Waals surface area contributed by atoms with Gasteiger partial charge in [-0.25, -0.2) is 0 Å². The van der Waals surface area contributed by atoms with Crippen LogP contribution in [0.25, 0.3) is 0 Å². The summed E-state index contributed by atoms with van der Waals surface area (Å²) in [6, 6.07) is 0. The van der Waals surface area contributed by atoms with E-state index in [0.717, 1.165) is 12.5 Å². The van der Waals surface area contributed by atoms with Gasteiger partial charge in [-0.05, 0) is 58.7 Å². The van der Waals surface area contributed by atoms with Gasteiger partial charge in [0.25, 0.3) is 0 Å². The second-order valence-electron chi connectivity index (χ2n) is 5.90. The van der Waals surface area contributed by atoms with Crippen molar-refractivity contribution in [2.45, 2.75) is 58.9 Å². The van der Waals surface area contributed by atoms with Gasteiger partial charge in [-0.1, -0.05) is 20.3 Å². The number of rotatable bonds is 5. The smallest absolute Gasteiger partial charge is 0.0252 e. The van der Waals surface area contributed by atoms with Crippen LogP contribution in [0.4, 0.5) is 0 Å². The Morgan fingerprint density at radius 1 is 1.19 bits per heavy atom. The van der Waals surface area contributed by atoms with Crippen LogP contribution < -0.4 is 5.32 Å². The van der Waals surface area contributed by atoms with Crippen LogP contribution in [0.5, 0.6) is 0 Å². The quantitative estimate of drug-likeness (QED) is 0.775. The Morgan fingerprint density at radius 3 is 2.56 bits per heavy atom. The summed E-state index contributed by atoms with van der Waals surface area (Å²) >= 11 is 0. The van der Waals surface area contributed by atoms with Gasteiger partial charge in [-0.2, -0.15) is 0 Å². The van der Waals surface area contributed by atoms with Gasteiger partial charge in [0.05, 0.1) is 0 Å². The summed E-state index contributed by atoms with van der Waals surface area (Å²) in [7, 11) is 0. The Labute approximate surface area is 102 Å². The third-order valence-corrected chi connectivity index (χ3v) is 3.79. The van der Waals surface area contributed by atoms with Crippen molar-refractivity contribution in [1.29, 1.82) is 0 Å². The molecule has 1 fully saturated rings. The minimum atomic E-state index is 0.265. The van der Waals surface area contributed by atoms with Crippen molar-refractivity contribution < 1.29 is 0 Å². The minimum Gasteiger partial charge on any atom is -0.311 e. The van der Waals surface area contributed by atoms with Crippen LogP contribution in [0.2, 0.25) is 0 Å². The summed E-state index contributed by atoms with van der Waals surface area (Å²) in [4.78, 5) is 2.65. The molecule has 1 heterocycles. The van der Waals surface area contributed by atoms with E-state index in [-0.39, 0.29) is 5.54 Å². The number of likely N-dealkylation sites (tertiary alicyclic amines) is 1. The predicted octanol–water partition coefficient (Wildman–Crippen LogP) is 2.89. The second-order valence-corrected chi connectivity index (χ2v) is 5.90. The number of hydrogen-bond acceptors (Lipinski definition) is 2. The van der Waals surface area contributed by atoms with Crippen molar-refractivity contribution in [2.75, 3.05) is 26.2 Å². The monoisotopic (exact) mass is 226 g/mol. The fourth-order valence-corrected chi connectivity index (χ4v) is 2.88. The SMILES string of the molecule is CCNC(C)(C)CN1CCCC(CC)CC1. The normalized spacial score (nSPS) is 24.4. The molecule has 1 aliphatic heterocycles. The summed E-state index contributed by atoms with van der Waals surface area (Å²) in [5.74, 6) is 0.979. The first-order chi connectivity index (χ1) is 7.57. The van der Waals surface area contributed by atoms with Crippen LogP contribution in [0, 0.1) is 5.92 Å². The predicted molar refractivity (Wildman–Crippen MR) is 71.8 cm³/mol. The van der Waals surface area contributed by atoms with Crippen LogP contribution in [0.15, 0.2) is 0 Å². The topological polar surface area (TPSA) is 15.3 Å². The van der Waals surface area contributed by atoms with E-state index in [4.69, 9.17) is 0 Å². The van der Waals surface area contributed by atoms with E-state index in [1.165, 1.54) is 45.3 Å². The molecule has 1 aliphatic rings. The lowest BCUT2D eigenvalue weighted by Crippen LogP contribution is -2.49. The van der Waals surface area contributed by atoms with Crippen molar-refractivity contribution in [3.05, 3.63) is 0 Å². The van der Waals surface area contributed by atoms with Gasteiger partial charge in [0.15, 0.2) is 0 Å². The first-order valence-corrected chi connectivity index (χ1v) is 7.04. The first kappa shape index (κ1) is 14.0. The van der Waals surface area contributed by atoms with Crippen molar-refractivity contribution in [3.63, 3.8) is 0 Å². The standard InChI is InChI=1S/C14H30N2/c1-5-13-8-7-10-16(11-9-13)12-14(3,4)15-6-2/h13,15H,5-12H2,1-4H3. The molecule has 1 N–H and O–H groups in total. The van der Waals surface area contributed by atoms with Crippen LogP contribution in [0.1, 0.15) is 53.4 Å². The van der Waals surface area contributed by atoms with E-state index >= 15 is 0 Å². The lowest BCUT2D eigenvalue weighted by Gasteiger charge is -2.32. The Hall–Kier alpha value is -0.0800. The van der Waals surface area contributed by atoms with Crippen molar-refractivity contribution >= 4 is 0 Å². The van der Waals surface area contributed by atoms with Gasteiger partial charge in [-0.15, -0.1) is 0 Å². The van der Waals surface area contributed by atoms with E-state index in [1.807, 2.05) is 0 Å². The molecule has 1 rings (SSSR count). The van der Waals surface area contributed by atoms with Crippen LogP contribution in [0.3, 0.4) is 0 Å². The molecule has 0 aromatic rings. The number of nitrogens with zero attached hydrogens (tertiary/aromatic N) is 1. The highest BCUT2D eigenvalue weighted by Gasteiger charge is 2.22. The molecule has 0 radical (unpaired) electrons. The Balaban J connectivity index is 2.37. The zero-order valence-electron chi connectivity index (χ0n) is 11.7. The molecule has 0 bridgehead atoms. The largest absolute Gasteiger partial charge is 0.311 e. The molecule has 16 heavy (non-hydrogen) atoms. The molecule has 0 amide bonds. The number of hydrogen-bond donors (Lipinski definition) is 1. The molecule has 2 heteroatoms. The molecule has 2 nitrogen and oxygen atoms in total. The average Bonchev–Trinajstić information content (AvgIpc) is 2.42. The zero-order chi connectivity index (χ0) is 12.0. The maximum atomic E-state index is 3.57. The highest BCUT2D eigenvalue weighted by atomic mass is 15.2. The zero-order valence-corrected chi connectivity index (χ0v) is 11.7. The fraction of sp³-hybridized carbons (Fsp3) is 1.00. The lowest BCUT2D eigenvalue weighted by atomic mass is 9.98. The maximum absolute atomic E-state index is 3.57. The summed E-state index contributed by atoms with van der Waals surface area (Å²) in [5, 5.41) is 3.57. The fourth-order valence-electron chi connectivity index (χ4n) is 2.88. The highest BCUT2D eigenvalue weighted by Crippen LogP contribution is 2.21. The minimum absolute atomic E-state index is 0.265. The molecule has 1 atom stereocenters.